The summed E-state index contributed by atoms with van der Waals surface area (Å²) in [5, 5.41) is 9.80. The van der Waals surface area contributed by atoms with E-state index in [0.717, 1.165) is 11.3 Å². The Morgan fingerprint density at radius 3 is 2.79 bits per heavy atom. The van der Waals surface area contributed by atoms with Crippen LogP contribution in [0, 0.1) is 0 Å². The first-order valence-corrected chi connectivity index (χ1v) is 8.80. The summed E-state index contributed by atoms with van der Waals surface area (Å²) in [4.78, 5) is 13.0. The van der Waals surface area contributed by atoms with Gasteiger partial charge in [0.15, 0.2) is 5.76 Å². The van der Waals surface area contributed by atoms with Gasteiger partial charge in [-0.3, -0.25) is 4.79 Å². The zero-order valence-corrected chi connectivity index (χ0v) is 14.1. The number of hydrogen-bond donors (Lipinski definition) is 0. The highest BCUT2D eigenvalue weighted by atomic mass is 35.5. The minimum atomic E-state index is -0.769. The lowest BCUT2D eigenvalue weighted by molar-refractivity contribution is -0.120. The molecule has 1 unspecified atom stereocenters. The van der Waals surface area contributed by atoms with Crippen LogP contribution in [0.15, 0.2) is 58.3 Å². The van der Waals surface area contributed by atoms with Crippen molar-refractivity contribution in [1.82, 2.24) is 14.9 Å². The third-order valence-electron chi connectivity index (χ3n) is 3.69. The minimum Gasteiger partial charge on any atom is -0.461 e. The van der Waals surface area contributed by atoms with E-state index in [1.165, 1.54) is 0 Å². The van der Waals surface area contributed by atoms with Gasteiger partial charge in [-0.05, 0) is 17.7 Å². The molecular formula is C16H13ClN4O2S. The Hall–Kier alpha value is -2.25. The smallest absolute Gasteiger partial charge is 0.264 e. The van der Waals surface area contributed by atoms with Crippen LogP contribution < -0.4 is 5.01 Å². The second kappa shape index (κ2) is 6.33. The predicted molar refractivity (Wildman–Crippen MR) is 91.6 cm³/mol. The van der Waals surface area contributed by atoms with Crippen molar-refractivity contribution in [3.05, 3.63) is 54.3 Å². The highest BCUT2D eigenvalue weighted by Gasteiger charge is 2.32. The standard InChI is InChI=1S/C16H13ClN4O2S/c17-13(11-5-2-1-3-6-11)15(22)20-8-10-24-16-19-18-14(21(16)20)12-7-4-9-23-12/h1-7,9,13H,8,10H2. The van der Waals surface area contributed by atoms with Crippen molar-refractivity contribution < 1.29 is 9.21 Å². The average molecular weight is 361 g/mol. The maximum atomic E-state index is 13.0. The molecule has 1 amide bonds. The Balaban J connectivity index is 1.71. The number of benzene rings is 1. The number of thioether (sulfide) groups is 1. The Bertz CT molecular complexity index is 850. The molecule has 4 rings (SSSR count). The molecule has 0 saturated heterocycles. The Morgan fingerprint density at radius 1 is 1.21 bits per heavy atom. The molecule has 8 heteroatoms. The lowest BCUT2D eigenvalue weighted by Crippen LogP contribution is -2.46. The lowest BCUT2D eigenvalue weighted by Gasteiger charge is -2.30. The normalized spacial score (nSPS) is 15.1. The van der Waals surface area contributed by atoms with Crippen LogP contribution in [0.5, 0.6) is 0 Å². The third kappa shape index (κ3) is 2.59. The summed E-state index contributed by atoms with van der Waals surface area (Å²) >= 11 is 7.97. The van der Waals surface area contributed by atoms with Crippen molar-refractivity contribution in [2.75, 3.05) is 17.3 Å². The first-order valence-electron chi connectivity index (χ1n) is 7.38. The van der Waals surface area contributed by atoms with E-state index in [-0.39, 0.29) is 5.91 Å². The first kappa shape index (κ1) is 15.3. The monoisotopic (exact) mass is 360 g/mol. The number of nitrogens with zero attached hydrogens (tertiary/aromatic N) is 4. The molecule has 0 N–H and O–H groups in total. The molecule has 0 bridgehead atoms. The quantitative estimate of drug-likeness (QED) is 0.671. The first-order chi connectivity index (χ1) is 11.8. The van der Waals surface area contributed by atoms with E-state index in [2.05, 4.69) is 10.2 Å². The molecule has 1 atom stereocenters. The number of alkyl halides is 1. The summed E-state index contributed by atoms with van der Waals surface area (Å²) in [5.41, 5.74) is 0.761. The Kier molecular flexibility index (Phi) is 4.03. The van der Waals surface area contributed by atoms with Gasteiger partial charge >= 0.3 is 0 Å². The van der Waals surface area contributed by atoms with Gasteiger partial charge in [0, 0.05) is 5.75 Å². The summed E-state index contributed by atoms with van der Waals surface area (Å²) in [5.74, 6) is 1.57. The highest BCUT2D eigenvalue weighted by molar-refractivity contribution is 7.99. The van der Waals surface area contributed by atoms with E-state index in [9.17, 15) is 4.79 Å². The van der Waals surface area contributed by atoms with Gasteiger partial charge in [-0.15, -0.1) is 21.8 Å². The van der Waals surface area contributed by atoms with Gasteiger partial charge in [0.2, 0.25) is 11.0 Å². The number of halogens is 1. The Labute approximate surface area is 147 Å². The highest BCUT2D eigenvalue weighted by Crippen LogP contribution is 2.30. The van der Waals surface area contributed by atoms with Gasteiger partial charge < -0.3 is 4.42 Å². The predicted octanol–water partition coefficient (Wildman–Crippen LogP) is 3.09. The topological polar surface area (TPSA) is 64.2 Å². The fourth-order valence-electron chi connectivity index (χ4n) is 2.56. The molecule has 3 heterocycles. The number of aromatic nitrogens is 3. The molecule has 0 fully saturated rings. The van der Waals surface area contributed by atoms with Gasteiger partial charge in [-0.2, -0.15) is 0 Å². The number of carbonyl (C=O) groups is 1. The molecule has 24 heavy (non-hydrogen) atoms. The molecule has 0 radical (unpaired) electrons. The molecule has 1 aliphatic rings. The molecule has 1 aliphatic heterocycles. The van der Waals surface area contributed by atoms with Crippen molar-refractivity contribution in [3.63, 3.8) is 0 Å². The van der Waals surface area contributed by atoms with Crippen LogP contribution in [0.25, 0.3) is 11.6 Å². The van der Waals surface area contributed by atoms with Gasteiger partial charge in [-0.25, -0.2) is 9.69 Å². The molecule has 0 saturated carbocycles. The molecule has 1 aromatic carbocycles. The van der Waals surface area contributed by atoms with Gasteiger partial charge in [0.05, 0.1) is 12.8 Å². The van der Waals surface area contributed by atoms with Crippen LogP contribution >= 0.6 is 23.4 Å². The van der Waals surface area contributed by atoms with Crippen LogP contribution in [-0.2, 0) is 4.79 Å². The van der Waals surface area contributed by atoms with Gasteiger partial charge in [-0.1, -0.05) is 42.1 Å². The van der Waals surface area contributed by atoms with Crippen LogP contribution in [-0.4, -0.2) is 33.1 Å². The zero-order valence-electron chi connectivity index (χ0n) is 12.5. The maximum Gasteiger partial charge on any atom is 0.264 e. The molecular weight excluding hydrogens is 348 g/mol. The molecule has 122 valence electrons. The Morgan fingerprint density at radius 2 is 2.04 bits per heavy atom. The molecule has 0 aliphatic carbocycles. The number of rotatable bonds is 3. The fraction of sp³-hybridized carbons (Fsp3) is 0.188. The van der Waals surface area contributed by atoms with Crippen LogP contribution in [0.4, 0.5) is 0 Å². The van der Waals surface area contributed by atoms with Crippen molar-refractivity contribution in [2.24, 2.45) is 0 Å². The average Bonchev–Trinajstić information content (AvgIpc) is 3.30. The second-order valence-electron chi connectivity index (χ2n) is 5.18. The van der Waals surface area contributed by atoms with E-state index >= 15 is 0 Å². The van der Waals surface area contributed by atoms with Crippen molar-refractivity contribution in [2.45, 2.75) is 10.5 Å². The largest absolute Gasteiger partial charge is 0.461 e. The van der Waals surface area contributed by atoms with Crippen LogP contribution in [0.2, 0.25) is 0 Å². The van der Waals surface area contributed by atoms with Gasteiger partial charge in [0.25, 0.3) is 5.91 Å². The van der Waals surface area contributed by atoms with E-state index in [4.69, 9.17) is 16.0 Å². The van der Waals surface area contributed by atoms with Crippen molar-refractivity contribution in [1.29, 1.82) is 0 Å². The van der Waals surface area contributed by atoms with Crippen molar-refractivity contribution >= 4 is 29.3 Å². The molecule has 3 aromatic rings. The zero-order chi connectivity index (χ0) is 16.5. The van der Waals surface area contributed by atoms with Crippen LogP contribution in [0.3, 0.4) is 0 Å². The molecule has 6 nitrogen and oxygen atoms in total. The van der Waals surface area contributed by atoms with E-state index < -0.39 is 5.38 Å². The number of furan rings is 1. The lowest BCUT2D eigenvalue weighted by atomic mass is 10.1. The van der Waals surface area contributed by atoms with Crippen LogP contribution in [0.1, 0.15) is 10.9 Å². The summed E-state index contributed by atoms with van der Waals surface area (Å²) in [6, 6.07) is 12.9. The van der Waals surface area contributed by atoms with Crippen molar-refractivity contribution in [3.8, 4) is 11.6 Å². The summed E-state index contributed by atoms with van der Waals surface area (Å²) in [6.45, 7) is 0.526. The number of hydrogen-bond acceptors (Lipinski definition) is 5. The van der Waals surface area contributed by atoms with E-state index in [0.29, 0.717) is 23.3 Å². The summed E-state index contributed by atoms with van der Waals surface area (Å²) < 4.78 is 7.10. The number of fused-ring (bicyclic) bond motifs is 1. The minimum absolute atomic E-state index is 0.211. The maximum absolute atomic E-state index is 13.0. The number of carbonyl (C=O) groups excluding carboxylic acids is 1. The van der Waals surface area contributed by atoms with E-state index in [1.54, 1.807) is 39.8 Å². The summed E-state index contributed by atoms with van der Waals surface area (Å²) in [6.07, 6.45) is 1.56. The molecule has 2 aromatic heterocycles. The van der Waals surface area contributed by atoms with Gasteiger partial charge in [0.1, 0.15) is 5.38 Å². The van der Waals surface area contributed by atoms with E-state index in [1.807, 2.05) is 30.3 Å². The fourth-order valence-corrected chi connectivity index (χ4v) is 3.67. The SMILES string of the molecule is O=C(C(Cl)c1ccccc1)N1CCSc2nnc(-c3ccco3)n21. The second-order valence-corrected chi connectivity index (χ2v) is 6.68. The molecule has 0 spiro atoms. The number of amides is 1. The third-order valence-corrected chi connectivity index (χ3v) is 5.03. The summed E-state index contributed by atoms with van der Waals surface area (Å²) in [7, 11) is 0.